The maximum atomic E-state index is 14.8. The number of amides is 3. The largest absolute Gasteiger partial charge is 0.328 e. The van der Waals surface area contributed by atoms with Gasteiger partial charge in [-0.2, -0.15) is 5.26 Å². The third-order valence-electron chi connectivity index (χ3n) is 6.42. The van der Waals surface area contributed by atoms with E-state index in [1.165, 1.54) is 43.0 Å². The standard InChI is InChI=1S/C25H25ClFN5O3/c1-25(2,27)10-21(32-13-20-18(23(32)34)8-14(26)12-29-20)24(35)31(3)15(11-28)9-17-16-6-4-5-7-19(16)30-22(17)33/h4-8,12,15,17,21H,9-10,13H2,1-3H3,(H,30,33)/t15-,17+,21-/m0/s1. The summed E-state index contributed by atoms with van der Waals surface area (Å²) >= 11 is 5.99. The van der Waals surface area contributed by atoms with Crippen LogP contribution in [0.1, 0.15) is 54.2 Å². The second-order valence-electron chi connectivity index (χ2n) is 9.48. The highest BCUT2D eigenvalue weighted by Crippen LogP contribution is 2.36. The molecule has 4 rings (SSSR count). The van der Waals surface area contributed by atoms with Crippen LogP contribution < -0.4 is 5.32 Å². The van der Waals surface area contributed by atoms with Crippen molar-refractivity contribution in [3.8, 4) is 6.07 Å². The van der Waals surface area contributed by atoms with E-state index in [2.05, 4.69) is 16.4 Å². The van der Waals surface area contributed by atoms with Gasteiger partial charge in [0.2, 0.25) is 11.8 Å². The zero-order chi connectivity index (χ0) is 25.5. The molecule has 0 spiro atoms. The molecular formula is C25H25ClFN5O3. The minimum Gasteiger partial charge on any atom is -0.328 e. The van der Waals surface area contributed by atoms with Gasteiger partial charge in [0.05, 0.1) is 34.8 Å². The van der Waals surface area contributed by atoms with Gasteiger partial charge in [0.25, 0.3) is 5.91 Å². The van der Waals surface area contributed by atoms with Crippen molar-refractivity contribution in [1.29, 1.82) is 5.26 Å². The number of alkyl halides is 1. The van der Waals surface area contributed by atoms with Crippen molar-refractivity contribution >= 4 is 35.0 Å². The molecule has 3 atom stereocenters. The fourth-order valence-corrected chi connectivity index (χ4v) is 4.79. The highest BCUT2D eigenvalue weighted by Gasteiger charge is 2.43. The second kappa shape index (κ2) is 9.27. The van der Waals surface area contributed by atoms with E-state index >= 15 is 0 Å². The topological polar surface area (TPSA) is 106 Å². The lowest BCUT2D eigenvalue weighted by atomic mass is 9.92. The van der Waals surface area contributed by atoms with Gasteiger partial charge in [-0.25, -0.2) is 4.39 Å². The smallest absolute Gasteiger partial charge is 0.256 e. The minimum atomic E-state index is -1.77. The molecule has 0 fully saturated rings. The lowest BCUT2D eigenvalue weighted by molar-refractivity contribution is -0.138. The number of rotatable bonds is 7. The number of hydrogen-bond donors (Lipinski definition) is 1. The first kappa shape index (κ1) is 24.6. The summed E-state index contributed by atoms with van der Waals surface area (Å²) in [6, 6.07) is 8.63. The first-order valence-corrected chi connectivity index (χ1v) is 11.6. The van der Waals surface area contributed by atoms with Crippen LogP contribution in [0.3, 0.4) is 0 Å². The molecule has 2 aliphatic rings. The molecule has 8 nitrogen and oxygen atoms in total. The molecule has 1 N–H and O–H groups in total. The quantitative estimate of drug-likeness (QED) is 0.628. The highest BCUT2D eigenvalue weighted by atomic mass is 35.5. The van der Waals surface area contributed by atoms with Gasteiger partial charge in [0, 0.05) is 25.4 Å². The first-order valence-electron chi connectivity index (χ1n) is 11.2. The third-order valence-corrected chi connectivity index (χ3v) is 6.63. The molecule has 0 radical (unpaired) electrons. The Morgan fingerprint density at radius 1 is 1.40 bits per heavy atom. The normalized spacial score (nSPS) is 18.4. The summed E-state index contributed by atoms with van der Waals surface area (Å²) in [5.74, 6) is -1.90. The van der Waals surface area contributed by atoms with Crippen LogP contribution in [0.15, 0.2) is 36.5 Å². The molecule has 1 aromatic carbocycles. The summed E-state index contributed by atoms with van der Waals surface area (Å²) in [5, 5.41) is 13.0. The average Bonchev–Trinajstić information content (AvgIpc) is 3.30. The molecule has 182 valence electrons. The predicted octanol–water partition coefficient (Wildman–Crippen LogP) is 3.67. The molecule has 0 aliphatic carbocycles. The molecule has 2 aliphatic heterocycles. The number of pyridine rings is 1. The van der Waals surface area contributed by atoms with Crippen LogP contribution in [0.25, 0.3) is 0 Å². The van der Waals surface area contributed by atoms with Crippen molar-refractivity contribution in [2.24, 2.45) is 0 Å². The van der Waals surface area contributed by atoms with Crippen molar-refractivity contribution in [3.63, 3.8) is 0 Å². The molecule has 10 heteroatoms. The van der Waals surface area contributed by atoms with E-state index in [1.807, 2.05) is 0 Å². The van der Waals surface area contributed by atoms with E-state index in [0.717, 1.165) is 5.56 Å². The highest BCUT2D eigenvalue weighted by molar-refractivity contribution is 6.30. The molecule has 1 aromatic heterocycles. The van der Waals surface area contributed by atoms with Gasteiger partial charge in [-0.1, -0.05) is 29.8 Å². The number of fused-ring (bicyclic) bond motifs is 2. The number of anilines is 1. The lowest BCUT2D eigenvalue weighted by Crippen LogP contribution is -2.52. The third kappa shape index (κ3) is 4.84. The SMILES string of the molecule is CN(C(=O)[C@H](CC(C)(C)F)N1Cc2ncc(Cl)cc2C1=O)[C@H](C#N)C[C@H]1C(=O)Nc2ccccc21. The van der Waals surface area contributed by atoms with Crippen molar-refractivity contribution in [3.05, 3.63) is 58.4 Å². The number of likely N-dealkylation sites (N-methyl/N-ethyl adjacent to an activating group) is 1. The van der Waals surface area contributed by atoms with Crippen molar-refractivity contribution < 1.29 is 18.8 Å². The summed E-state index contributed by atoms with van der Waals surface area (Å²) in [7, 11) is 1.44. The maximum absolute atomic E-state index is 14.8. The van der Waals surface area contributed by atoms with Crippen LogP contribution in [-0.2, 0) is 16.1 Å². The number of hydrogen-bond acceptors (Lipinski definition) is 5. The molecule has 0 bridgehead atoms. The molecule has 0 saturated carbocycles. The van der Waals surface area contributed by atoms with E-state index in [1.54, 1.807) is 24.3 Å². The maximum Gasteiger partial charge on any atom is 0.256 e. The number of carbonyl (C=O) groups is 3. The number of nitriles is 1. The van der Waals surface area contributed by atoms with Crippen LogP contribution in [-0.4, -0.2) is 57.3 Å². The fourth-order valence-electron chi connectivity index (χ4n) is 4.63. The number of nitrogens with zero attached hydrogens (tertiary/aromatic N) is 4. The van der Waals surface area contributed by atoms with E-state index < -0.39 is 35.5 Å². The van der Waals surface area contributed by atoms with Crippen LogP contribution in [0.2, 0.25) is 5.02 Å². The molecule has 35 heavy (non-hydrogen) atoms. The Morgan fingerprint density at radius 3 is 2.80 bits per heavy atom. The van der Waals surface area contributed by atoms with Gasteiger partial charge in [0.1, 0.15) is 17.8 Å². The van der Waals surface area contributed by atoms with Crippen LogP contribution >= 0.6 is 11.6 Å². The Bertz CT molecular complexity index is 1240. The van der Waals surface area contributed by atoms with Crippen molar-refractivity contribution in [2.45, 2.75) is 56.9 Å². The van der Waals surface area contributed by atoms with Gasteiger partial charge in [0.15, 0.2) is 0 Å². The summed E-state index contributed by atoms with van der Waals surface area (Å²) in [5.41, 5.74) is 0.386. The van der Waals surface area contributed by atoms with Gasteiger partial charge >= 0.3 is 0 Å². The Labute approximate surface area is 207 Å². The number of carbonyl (C=O) groups excluding carboxylic acids is 3. The second-order valence-corrected chi connectivity index (χ2v) is 9.91. The number of para-hydroxylation sites is 1. The number of aromatic nitrogens is 1. The number of benzene rings is 1. The molecule has 3 heterocycles. The van der Waals surface area contributed by atoms with Gasteiger partial charge in [-0.05, 0) is 38.0 Å². The molecule has 2 aromatic rings. The minimum absolute atomic E-state index is 0.0291. The van der Waals surface area contributed by atoms with Crippen LogP contribution in [0, 0.1) is 11.3 Å². The number of nitrogens with one attached hydrogen (secondary N) is 1. The Hall–Kier alpha value is -3.51. The summed E-state index contributed by atoms with van der Waals surface area (Å²) < 4.78 is 14.8. The van der Waals surface area contributed by atoms with Crippen LogP contribution in [0.4, 0.5) is 10.1 Å². The Balaban J connectivity index is 1.59. The summed E-state index contributed by atoms with van der Waals surface area (Å²) in [6.07, 6.45) is 1.21. The summed E-state index contributed by atoms with van der Waals surface area (Å²) in [6.45, 7) is 2.69. The van der Waals surface area contributed by atoms with Crippen LogP contribution in [0.5, 0.6) is 0 Å². The van der Waals surface area contributed by atoms with Gasteiger partial charge < -0.3 is 15.1 Å². The van der Waals surface area contributed by atoms with E-state index in [-0.39, 0.29) is 35.9 Å². The van der Waals surface area contributed by atoms with Gasteiger partial charge in [-0.3, -0.25) is 19.4 Å². The molecule has 0 saturated heterocycles. The molecular weight excluding hydrogens is 473 g/mol. The van der Waals surface area contributed by atoms with E-state index in [9.17, 15) is 24.0 Å². The fraction of sp³-hybridized carbons (Fsp3) is 0.400. The Kier molecular flexibility index (Phi) is 6.52. The molecule has 0 unspecified atom stereocenters. The zero-order valence-electron chi connectivity index (χ0n) is 19.6. The average molecular weight is 498 g/mol. The monoisotopic (exact) mass is 497 g/mol. The first-order chi connectivity index (χ1) is 16.5. The number of halogens is 2. The Morgan fingerprint density at radius 2 is 2.11 bits per heavy atom. The zero-order valence-corrected chi connectivity index (χ0v) is 20.3. The van der Waals surface area contributed by atoms with Crippen molar-refractivity contribution in [2.75, 3.05) is 12.4 Å². The van der Waals surface area contributed by atoms with E-state index in [0.29, 0.717) is 11.4 Å². The summed E-state index contributed by atoms with van der Waals surface area (Å²) in [4.78, 5) is 46.0. The predicted molar refractivity (Wildman–Crippen MR) is 127 cm³/mol. The van der Waals surface area contributed by atoms with Crippen molar-refractivity contribution in [1.82, 2.24) is 14.8 Å². The lowest BCUT2D eigenvalue weighted by Gasteiger charge is -2.35. The molecule has 3 amide bonds. The van der Waals surface area contributed by atoms with E-state index in [4.69, 9.17) is 11.6 Å². The van der Waals surface area contributed by atoms with Gasteiger partial charge in [-0.15, -0.1) is 0 Å².